The van der Waals surface area contributed by atoms with Gasteiger partial charge in [-0.25, -0.2) is 4.79 Å². The van der Waals surface area contributed by atoms with Crippen LogP contribution < -0.4 is 10.1 Å². The molecule has 3 fully saturated rings. The van der Waals surface area contributed by atoms with E-state index in [1.807, 2.05) is 6.92 Å². The number of fused-ring (bicyclic) bond motifs is 3. The molecule has 130 valence electrons. The van der Waals surface area contributed by atoms with Crippen LogP contribution in [0.1, 0.15) is 38.2 Å². The number of ether oxygens (including phenoxy) is 2. The summed E-state index contributed by atoms with van der Waals surface area (Å²) in [4.78, 5) is 11.4. The fourth-order valence-corrected chi connectivity index (χ4v) is 4.81. The molecule has 2 aromatic carbocycles. The van der Waals surface area contributed by atoms with Crippen LogP contribution in [0, 0.1) is 11.8 Å². The first-order valence-electron chi connectivity index (χ1n) is 9.25. The maximum atomic E-state index is 11.4. The number of cyclic esters (lactones) is 1. The molecule has 1 heterocycles. The number of hydrogen-bond acceptors (Lipinski definition) is 3. The van der Waals surface area contributed by atoms with Crippen molar-refractivity contribution in [2.45, 2.75) is 44.2 Å². The van der Waals surface area contributed by atoms with E-state index in [1.54, 1.807) is 0 Å². The van der Waals surface area contributed by atoms with Crippen LogP contribution in [0.2, 0.25) is 0 Å². The molecule has 0 radical (unpaired) electrons. The number of benzene rings is 2. The summed E-state index contributed by atoms with van der Waals surface area (Å²) >= 11 is 0. The highest BCUT2D eigenvalue weighted by atomic mass is 16.6. The molecule has 4 atom stereocenters. The Morgan fingerprint density at radius 2 is 1.96 bits per heavy atom. The number of nitrogens with one attached hydrogen (secondary N) is 1. The van der Waals surface area contributed by atoms with E-state index in [0.29, 0.717) is 12.7 Å². The predicted molar refractivity (Wildman–Crippen MR) is 95.6 cm³/mol. The Bertz CT molecular complexity index is 848. The van der Waals surface area contributed by atoms with Gasteiger partial charge >= 0.3 is 6.09 Å². The van der Waals surface area contributed by atoms with Crippen molar-refractivity contribution in [3.8, 4) is 5.75 Å². The van der Waals surface area contributed by atoms with Gasteiger partial charge in [-0.05, 0) is 79.0 Å². The van der Waals surface area contributed by atoms with Gasteiger partial charge in [0.15, 0.2) is 0 Å². The third-order valence-electron chi connectivity index (χ3n) is 6.28. The molecule has 0 aromatic heterocycles. The molecule has 1 N–H and O–H groups in total. The molecule has 0 unspecified atom stereocenters. The minimum Gasteiger partial charge on any atom is -0.490 e. The predicted octanol–water partition coefficient (Wildman–Crippen LogP) is 4.36. The minimum atomic E-state index is -0.455. The normalized spacial score (nSPS) is 33.5. The van der Waals surface area contributed by atoms with E-state index in [-0.39, 0.29) is 6.09 Å². The summed E-state index contributed by atoms with van der Waals surface area (Å²) in [6.45, 7) is 2.36. The number of hydrogen-bond donors (Lipinski definition) is 1. The standard InChI is InChI=1S/C21H23NO3/c1-21(12-24-20(23)22-21)17-6-4-15-11-18(7-5-14(15)10-17)25-19-9-13-2-3-16(19)8-13/h4-7,10-11,13,16,19H,2-3,8-9,12H2,1H3,(H,22,23)/t13-,16-,19-,21+/m1/s1. The second kappa shape index (κ2) is 5.38. The van der Waals surface area contributed by atoms with Gasteiger partial charge < -0.3 is 14.8 Å². The van der Waals surface area contributed by atoms with Crippen LogP contribution in [-0.2, 0) is 10.3 Å². The minimum absolute atomic E-state index is 0.350. The second-order valence-electron chi connectivity index (χ2n) is 8.09. The van der Waals surface area contributed by atoms with Gasteiger partial charge in [-0.15, -0.1) is 0 Å². The Labute approximate surface area is 147 Å². The highest BCUT2D eigenvalue weighted by Gasteiger charge is 2.41. The highest BCUT2D eigenvalue weighted by molar-refractivity contribution is 5.85. The van der Waals surface area contributed by atoms with Crippen molar-refractivity contribution >= 4 is 16.9 Å². The molecule has 2 bridgehead atoms. The molecule has 25 heavy (non-hydrogen) atoms. The molecule has 1 aliphatic heterocycles. The zero-order valence-electron chi connectivity index (χ0n) is 14.5. The van der Waals surface area contributed by atoms with Crippen LogP contribution in [0.15, 0.2) is 36.4 Å². The third kappa shape index (κ3) is 2.55. The topological polar surface area (TPSA) is 47.6 Å². The monoisotopic (exact) mass is 337 g/mol. The lowest BCUT2D eigenvalue weighted by molar-refractivity contribution is 0.138. The third-order valence-corrected chi connectivity index (χ3v) is 6.28. The molecule has 4 heteroatoms. The SMILES string of the molecule is C[C@@]1(c2ccc3cc(O[C@@H]4C[C@@H]5CC[C@@H]4C5)ccc3c2)COC(=O)N1. The zero-order chi connectivity index (χ0) is 17.0. The van der Waals surface area contributed by atoms with Crippen LogP contribution in [0.4, 0.5) is 4.79 Å². The van der Waals surface area contributed by atoms with Gasteiger partial charge in [-0.3, -0.25) is 0 Å². The molecule has 3 aliphatic rings. The van der Waals surface area contributed by atoms with E-state index in [1.165, 1.54) is 31.1 Å². The van der Waals surface area contributed by atoms with Crippen molar-refractivity contribution in [3.63, 3.8) is 0 Å². The van der Waals surface area contributed by atoms with E-state index >= 15 is 0 Å². The van der Waals surface area contributed by atoms with E-state index in [4.69, 9.17) is 9.47 Å². The average Bonchev–Trinajstić information content (AvgIpc) is 3.31. The Morgan fingerprint density at radius 1 is 1.12 bits per heavy atom. The summed E-state index contributed by atoms with van der Waals surface area (Å²) in [5.74, 6) is 2.62. The molecular weight excluding hydrogens is 314 g/mol. The fourth-order valence-electron chi connectivity index (χ4n) is 4.81. The maximum absolute atomic E-state index is 11.4. The van der Waals surface area contributed by atoms with E-state index in [0.717, 1.165) is 28.5 Å². The first-order valence-corrected chi connectivity index (χ1v) is 9.25. The molecule has 1 amide bonds. The van der Waals surface area contributed by atoms with Crippen molar-refractivity contribution in [3.05, 3.63) is 42.0 Å². The smallest absolute Gasteiger partial charge is 0.408 e. The van der Waals surface area contributed by atoms with Gasteiger partial charge in [0.1, 0.15) is 18.5 Å². The van der Waals surface area contributed by atoms with Crippen LogP contribution >= 0.6 is 0 Å². The Kier molecular flexibility index (Phi) is 3.24. The van der Waals surface area contributed by atoms with Crippen LogP contribution in [0.3, 0.4) is 0 Å². The van der Waals surface area contributed by atoms with Gasteiger partial charge in [0.05, 0.1) is 5.54 Å². The molecule has 2 aliphatic carbocycles. The highest BCUT2D eigenvalue weighted by Crippen LogP contribution is 2.46. The number of rotatable bonds is 3. The quantitative estimate of drug-likeness (QED) is 0.905. The van der Waals surface area contributed by atoms with Gasteiger partial charge in [0.25, 0.3) is 0 Å². The molecule has 2 aromatic rings. The average molecular weight is 337 g/mol. The summed E-state index contributed by atoms with van der Waals surface area (Å²) in [6.07, 6.45) is 5.36. The van der Waals surface area contributed by atoms with Crippen molar-refractivity contribution in [2.75, 3.05) is 6.61 Å². The maximum Gasteiger partial charge on any atom is 0.408 e. The number of alkyl carbamates (subject to hydrolysis) is 1. The Morgan fingerprint density at radius 3 is 2.68 bits per heavy atom. The van der Waals surface area contributed by atoms with E-state index in [2.05, 4.69) is 41.7 Å². The van der Waals surface area contributed by atoms with Gasteiger partial charge in [0.2, 0.25) is 0 Å². The summed E-state index contributed by atoms with van der Waals surface area (Å²) < 4.78 is 11.4. The molecule has 1 saturated heterocycles. The zero-order valence-corrected chi connectivity index (χ0v) is 14.5. The summed E-state index contributed by atoms with van der Waals surface area (Å²) in [5, 5.41) is 5.22. The number of carbonyl (C=O) groups is 1. The Hall–Kier alpha value is -2.23. The van der Waals surface area contributed by atoms with Crippen LogP contribution in [-0.4, -0.2) is 18.8 Å². The lowest BCUT2D eigenvalue weighted by atomic mass is 9.91. The molecule has 2 saturated carbocycles. The molecule has 4 nitrogen and oxygen atoms in total. The summed E-state index contributed by atoms with van der Waals surface area (Å²) in [6, 6.07) is 12.6. The Balaban J connectivity index is 1.40. The van der Waals surface area contributed by atoms with Crippen LogP contribution in [0.25, 0.3) is 10.8 Å². The van der Waals surface area contributed by atoms with Gasteiger partial charge in [-0.2, -0.15) is 0 Å². The fraction of sp³-hybridized carbons (Fsp3) is 0.476. The van der Waals surface area contributed by atoms with Crippen LogP contribution in [0.5, 0.6) is 5.75 Å². The van der Waals surface area contributed by atoms with Gasteiger partial charge in [0, 0.05) is 0 Å². The van der Waals surface area contributed by atoms with E-state index in [9.17, 15) is 4.79 Å². The van der Waals surface area contributed by atoms with Gasteiger partial charge in [-0.1, -0.05) is 18.2 Å². The largest absolute Gasteiger partial charge is 0.490 e. The second-order valence-corrected chi connectivity index (χ2v) is 8.09. The van der Waals surface area contributed by atoms with Crippen molar-refractivity contribution in [2.24, 2.45) is 11.8 Å². The lowest BCUT2D eigenvalue weighted by Crippen LogP contribution is -2.37. The molecule has 0 spiro atoms. The number of amides is 1. The van der Waals surface area contributed by atoms with Crippen molar-refractivity contribution in [1.82, 2.24) is 5.32 Å². The first-order chi connectivity index (χ1) is 12.1. The summed E-state index contributed by atoms with van der Waals surface area (Å²) in [5.41, 5.74) is 0.608. The summed E-state index contributed by atoms with van der Waals surface area (Å²) in [7, 11) is 0. The molecule has 5 rings (SSSR count). The molecular formula is C21H23NO3. The van der Waals surface area contributed by atoms with E-state index < -0.39 is 5.54 Å². The first kappa shape index (κ1) is 15.1. The van der Waals surface area contributed by atoms with Crippen molar-refractivity contribution in [1.29, 1.82) is 0 Å². The number of carbonyl (C=O) groups excluding carboxylic acids is 1. The van der Waals surface area contributed by atoms with Crippen molar-refractivity contribution < 1.29 is 14.3 Å². The lowest BCUT2D eigenvalue weighted by Gasteiger charge is -2.24.